The molecule has 1 aromatic carbocycles. The maximum atomic E-state index is 12.1. The third kappa shape index (κ3) is 5.88. The highest BCUT2D eigenvalue weighted by molar-refractivity contribution is 7.90. The summed E-state index contributed by atoms with van der Waals surface area (Å²) in [6.45, 7) is 4.19. The van der Waals surface area contributed by atoms with Crippen LogP contribution in [0.1, 0.15) is 19.5 Å². The lowest BCUT2D eigenvalue weighted by Crippen LogP contribution is -2.36. The highest BCUT2D eigenvalue weighted by atomic mass is 32.2. The van der Waals surface area contributed by atoms with Gasteiger partial charge in [0.25, 0.3) is 10.0 Å². The van der Waals surface area contributed by atoms with Crippen molar-refractivity contribution in [3.05, 3.63) is 54.4 Å². The van der Waals surface area contributed by atoms with Crippen LogP contribution in [0.3, 0.4) is 0 Å². The van der Waals surface area contributed by atoms with Crippen LogP contribution in [-0.4, -0.2) is 26.5 Å². The fourth-order valence-corrected chi connectivity index (χ4v) is 2.59. The van der Waals surface area contributed by atoms with Crippen LogP contribution >= 0.6 is 0 Å². The Morgan fingerprint density at radius 1 is 1.21 bits per heavy atom. The first-order chi connectivity index (χ1) is 11.5. The van der Waals surface area contributed by atoms with E-state index < -0.39 is 10.0 Å². The second-order valence-corrected chi connectivity index (χ2v) is 5.99. The Balaban J connectivity index is 0.00000139. The maximum absolute atomic E-state index is 12.1. The Morgan fingerprint density at radius 2 is 1.88 bits per heavy atom. The normalized spacial score (nSPS) is 11.2. The number of sulfonamides is 1. The quantitative estimate of drug-likeness (QED) is 0.633. The summed E-state index contributed by atoms with van der Waals surface area (Å²) < 4.78 is 31.4. The predicted octanol–water partition coefficient (Wildman–Crippen LogP) is 1.91. The van der Waals surface area contributed by atoms with Crippen LogP contribution < -0.4 is 15.2 Å². The zero-order valence-corrected chi connectivity index (χ0v) is 14.7. The lowest BCUT2D eigenvalue weighted by Gasteiger charge is -2.08. The number of methoxy groups -OCH3 is 1. The molecule has 0 spiro atoms. The molecule has 7 nitrogen and oxygen atoms in total. The molecule has 1 heterocycles. The lowest BCUT2D eigenvalue weighted by atomic mass is 10.3. The second-order valence-electron chi connectivity index (χ2n) is 4.30. The number of nitrogens with one attached hydrogen (secondary N) is 1. The molecule has 24 heavy (non-hydrogen) atoms. The number of ether oxygens (including phenoxy) is 1. The van der Waals surface area contributed by atoms with Gasteiger partial charge in [-0.15, -0.1) is 0 Å². The van der Waals surface area contributed by atoms with Gasteiger partial charge in [0.2, 0.25) is 5.96 Å². The minimum atomic E-state index is -3.77. The third-order valence-corrected chi connectivity index (χ3v) is 4.12. The van der Waals surface area contributed by atoms with Gasteiger partial charge >= 0.3 is 0 Å². The molecule has 2 aromatic rings. The van der Waals surface area contributed by atoms with Crippen LogP contribution in [0.2, 0.25) is 0 Å². The van der Waals surface area contributed by atoms with Crippen molar-refractivity contribution in [2.45, 2.75) is 25.3 Å². The van der Waals surface area contributed by atoms with E-state index in [1.807, 2.05) is 19.9 Å². The number of benzene rings is 1. The van der Waals surface area contributed by atoms with Gasteiger partial charge in [-0.2, -0.15) is 0 Å². The first kappa shape index (κ1) is 19.4. The average Bonchev–Trinajstić information content (AvgIpc) is 2.62. The molecule has 2 rings (SSSR count). The van der Waals surface area contributed by atoms with E-state index in [-0.39, 0.29) is 17.4 Å². The fourth-order valence-electron chi connectivity index (χ4n) is 1.64. The highest BCUT2D eigenvalue weighted by Crippen LogP contribution is 2.15. The van der Waals surface area contributed by atoms with Crippen LogP contribution in [0.15, 0.2) is 58.5 Å². The van der Waals surface area contributed by atoms with Crippen molar-refractivity contribution in [3.8, 4) is 5.75 Å². The zero-order chi connectivity index (χ0) is 18.0. The van der Waals surface area contributed by atoms with E-state index in [1.54, 1.807) is 30.5 Å². The molecular formula is C16H22N4O3S. The van der Waals surface area contributed by atoms with E-state index in [1.165, 1.54) is 19.2 Å². The van der Waals surface area contributed by atoms with Crippen molar-refractivity contribution in [2.24, 2.45) is 10.7 Å². The summed E-state index contributed by atoms with van der Waals surface area (Å²) in [5.74, 6) is 0.372. The van der Waals surface area contributed by atoms with Gasteiger partial charge in [-0.1, -0.05) is 19.9 Å². The number of aliphatic imine (C=N–C) groups is 1. The van der Waals surface area contributed by atoms with Gasteiger partial charge in [-0.05, 0) is 36.4 Å². The molecule has 0 aliphatic rings. The van der Waals surface area contributed by atoms with Crippen LogP contribution in [-0.2, 0) is 16.6 Å². The molecule has 0 radical (unpaired) electrons. The van der Waals surface area contributed by atoms with E-state index in [4.69, 9.17) is 10.5 Å². The number of hydrogen-bond acceptors (Lipinski definition) is 5. The number of aromatic nitrogens is 1. The van der Waals surface area contributed by atoms with Gasteiger partial charge in [0.1, 0.15) is 5.75 Å². The Bertz CT molecular complexity index is 745. The minimum Gasteiger partial charge on any atom is -0.497 e. The van der Waals surface area contributed by atoms with E-state index >= 15 is 0 Å². The van der Waals surface area contributed by atoms with E-state index in [0.29, 0.717) is 11.4 Å². The first-order valence-corrected chi connectivity index (χ1v) is 8.86. The van der Waals surface area contributed by atoms with Gasteiger partial charge in [0.05, 0.1) is 24.2 Å². The Hall–Kier alpha value is -2.61. The number of rotatable bonds is 5. The third-order valence-electron chi connectivity index (χ3n) is 2.75. The van der Waals surface area contributed by atoms with Crippen molar-refractivity contribution in [1.82, 2.24) is 9.71 Å². The van der Waals surface area contributed by atoms with Gasteiger partial charge in [0.15, 0.2) is 0 Å². The number of guanidine groups is 1. The van der Waals surface area contributed by atoms with E-state index in [9.17, 15) is 8.42 Å². The number of hydrogen-bond donors (Lipinski definition) is 2. The van der Waals surface area contributed by atoms with Crippen molar-refractivity contribution in [1.29, 1.82) is 0 Å². The molecule has 0 amide bonds. The average molecular weight is 350 g/mol. The smallest absolute Gasteiger partial charge is 0.264 e. The summed E-state index contributed by atoms with van der Waals surface area (Å²) in [7, 11) is -2.27. The number of nitrogens with two attached hydrogens (primary N) is 1. The Kier molecular flexibility index (Phi) is 7.70. The Morgan fingerprint density at radius 3 is 2.42 bits per heavy atom. The van der Waals surface area contributed by atoms with Crippen molar-refractivity contribution in [2.75, 3.05) is 7.11 Å². The van der Waals surface area contributed by atoms with E-state index in [0.717, 1.165) is 0 Å². The van der Waals surface area contributed by atoms with Crippen molar-refractivity contribution < 1.29 is 13.2 Å². The minimum absolute atomic E-state index is 0.0734. The van der Waals surface area contributed by atoms with Crippen molar-refractivity contribution in [3.63, 3.8) is 0 Å². The van der Waals surface area contributed by atoms with Gasteiger partial charge in [0, 0.05) is 6.20 Å². The monoisotopic (exact) mass is 350 g/mol. The molecule has 0 aliphatic heterocycles. The molecule has 1 aromatic heterocycles. The highest BCUT2D eigenvalue weighted by Gasteiger charge is 2.14. The zero-order valence-electron chi connectivity index (χ0n) is 13.9. The molecule has 0 saturated heterocycles. The number of nitrogens with zero attached hydrogens (tertiary/aromatic N) is 2. The Labute approximate surface area is 142 Å². The summed E-state index contributed by atoms with van der Waals surface area (Å²) in [5, 5.41) is 0. The lowest BCUT2D eigenvalue weighted by molar-refractivity contribution is 0.414. The van der Waals surface area contributed by atoms with Gasteiger partial charge in [-0.25, -0.2) is 18.1 Å². The van der Waals surface area contributed by atoms with Crippen molar-refractivity contribution >= 4 is 16.0 Å². The maximum Gasteiger partial charge on any atom is 0.264 e. The topological polar surface area (TPSA) is 107 Å². The summed E-state index contributed by atoms with van der Waals surface area (Å²) in [4.78, 5) is 8.10. The van der Waals surface area contributed by atoms with Crippen LogP contribution in [0.5, 0.6) is 5.75 Å². The summed E-state index contributed by atoms with van der Waals surface area (Å²) in [6.07, 6.45) is 1.63. The second kappa shape index (κ2) is 9.51. The molecule has 0 atom stereocenters. The van der Waals surface area contributed by atoms with Crippen LogP contribution in [0.4, 0.5) is 0 Å². The molecule has 130 valence electrons. The standard InChI is InChI=1S/C14H16N4O3S.C2H6/c1-21-12-5-7-13(8-6-12)22(19,20)18-14(15)17-10-11-4-2-3-9-16-11;1-2/h2-9H,10H2,1H3,(H3,15,17,18);1-2H3. The summed E-state index contributed by atoms with van der Waals surface area (Å²) >= 11 is 0. The molecule has 0 fully saturated rings. The fraction of sp³-hybridized carbons (Fsp3) is 0.250. The number of pyridine rings is 1. The van der Waals surface area contributed by atoms with Gasteiger partial charge in [-0.3, -0.25) is 4.98 Å². The molecule has 0 aliphatic carbocycles. The molecule has 0 unspecified atom stereocenters. The molecule has 3 N–H and O–H groups in total. The summed E-state index contributed by atoms with van der Waals surface area (Å²) in [6, 6.07) is 11.3. The van der Waals surface area contributed by atoms with Gasteiger partial charge < -0.3 is 10.5 Å². The van der Waals surface area contributed by atoms with Crippen LogP contribution in [0, 0.1) is 0 Å². The largest absolute Gasteiger partial charge is 0.497 e. The molecule has 0 saturated carbocycles. The SMILES string of the molecule is CC.COc1ccc(S(=O)(=O)NC(N)=NCc2ccccn2)cc1. The molecule has 8 heteroatoms. The van der Waals surface area contributed by atoms with E-state index in [2.05, 4.69) is 14.7 Å². The summed E-state index contributed by atoms with van der Waals surface area (Å²) in [5.41, 5.74) is 6.30. The first-order valence-electron chi connectivity index (χ1n) is 7.38. The van der Waals surface area contributed by atoms with Crippen LogP contribution in [0.25, 0.3) is 0 Å². The molecular weight excluding hydrogens is 328 g/mol. The predicted molar refractivity (Wildman–Crippen MR) is 94.2 cm³/mol. The molecule has 0 bridgehead atoms.